The summed E-state index contributed by atoms with van der Waals surface area (Å²) in [5.41, 5.74) is 0. The molecule has 0 spiro atoms. The van der Waals surface area contributed by atoms with Gasteiger partial charge < -0.3 is 4.98 Å². The second-order valence-corrected chi connectivity index (χ2v) is 6.79. The minimum Gasteiger partial charge on any atom is -0.335 e. The summed E-state index contributed by atoms with van der Waals surface area (Å²) in [4.78, 5) is 6.52. The molecule has 0 bridgehead atoms. The maximum Gasteiger partial charge on any atom is 0.260 e. The van der Waals surface area contributed by atoms with Crippen LogP contribution in [0.1, 0.15) is 32.1 Å². The van der Waals surface area contributed by atoms with Crippen LogP contribution in [0.15, 0.2) is 17.6 Å². The summed E-state index contributed by atoms with van der Waals surface area (Å²) in [6, 6.07) is 0.219. The topological polar surface area (TPSA) is 66.1 Å². The number of rotatable bonds is 2. The average Bonchev–Trinajstić information content (AvgIpc) is 2.99. The van der Waals surface area contributed by atoms with Gasteiger partial charge in [0.2, 0.25) is 0 Å². The third-order valence-electron chi connectivity index (χ3n) is 4.00. The number of nitrogens with zero attached hydrogens (tertiary/aromatic N) is 2. The first-order valence-corrected chi connectivity index (χ1v) is 7.64. The molecule has 2 heterocycles. The highest BCUT2D eigenvalue weighted by Gasteiger charge is 2.41. The van der Waals surface area contributed by atoms with Crippen molar-refractivity contribution >= 4 is 10.0 Å². The molecule has 1 saturated heterocycles. The maximum atomic E-state index is 12.4. The lowest BCUT2D eigenvalue weighted by molar-refractivity contribution is 0.201. The fourth-order valence-electron chi connectivity index (χ4n) is 3.22. The number of hydrogen-bond donors (Lipinski definition) is 1. The van der Waals surface area contributed by atoms with Gasteiger partial charge in [-0.25, -0.2) is 13.4 Å². The third-order valence-corrected chi connectivity index (χ3v) is 5.85. The van der Waals surface area contributed by atoms with Crippen molar-refractivity contribution in [2.45, 2.75) is 43.2 Å². The molecule has 0 radical (unpaired) electrons. The van der Waals surface area contributed by atoms with E-state index in [4.69, 9.17) is 0 Å². The standard InChI is InChI=1S/C11H17N3O2S/c15-17(16,11-7-12-8-13-11)14-6-2-4-9-3-1-5-10(9)14/h7-10H,1-6H2,(H,12,13). The molecule has 5 nitrogen and oxygen atoms in total. The number of piperidine rings is 1. The molecule has 1 saturated carbocycles. The van der Waals surface area contributed by atoms with Gasteiger partial charge in [-0.2, -0.15) is 4.31 Å². The van der Waals surface area contributed by atoms with Crippen molar-refractivity contribution in [2.24, 2.45) is 5.92 Å². The van der Waals surface area contributed by atoms with Crippen LogP contribution in [0.3, 0.4) is 0 Å². The number of imidazole rings is 1. The molecule has 3 rings (SSSR count). The molecule has 1 N–H and O–H groups in total. The van der Waals surface area contributed by atoms with Gasteiger partial charge in [0, 0.05) is 12.6 Å². The van der Waals surface area contributed by atoms with Crippen LogP contribution in [-0.2, 0) is 10.0 Å². The normalized spacial score (nSPS) is 30.4. The summed E-state index contributed by atoms with van der Waals surface area (Å²) in [5, 5.41) is 0.227. The number of hydrogen-bond acceptors (Lipinski definition) is 3. The van der Waals surface area contributed by atoms with Crippen LogP contribution in [0.2, 0.25) is 0 Å². The summed E-state index contributed by atoms with van der Waals surface area (Å²) in [6.07, 6.45) is 8.33. The van der Waals surface area contributed by atoms with Crippen molar-refractivity contribution in [2.75, 3.05) is 6.54 Å². The largest absolute Gasteiger partial charge is 0.335 e. The predicted molar refractivity (Wildman–Crippen MR) is 62.8 cm³/mol. The molecule has 2 unspecified atom stereocenters. The molecule has 0 aromatic carbocycles. The van der Waals surface area contributed by atoms with Gasteiger partial charge in [0.25, 0.3) is 10.0 Å². The average molecular weight is 255 g/mol. The molecule has 1 aromatic heterocycles. The Hall–Kier alpha value is -0.880. The van der Waals surface area contributed by atoms with E-state index in [0.29, 0.717) is 12.5 Å². The van der Waals surface area contributed by atoms with Gasteiger partial charge in [0.05, 0.1) is 12.5 Å². The van der Waals surface area contributed by atoms with Crippen LogP contribution in [0.5, 0.6) is 0 Å². The Balaban J connectivity index is 1.93. The van der Waals surface area contributed by atoms with Crippen molar-refractivity contribution in [3.8, 4) is 0 Å². The van der Waals surface area contributed by atoms with Gasteiger partial charge in [0.1, 0.15) is 0 Å². The highest BCUT2D eigenvalue weighted by atomic mass is 32.2. The number of aromatic amines is 1. The van der Waals surface area contributed by atoms with Gasteiger partial charge >= 0.3 is 0 Å². The lowest BCUT2D eigenvalue weighted by Gasteiger charge is -2.36. The first kappa shape index (κ1) is 11.2. The monoisotopic (exact) mass is 255 g/mol. The smallest absolute Gasteiger partial charge is 0.260 e. The lowest BCUT2D eigenvalue weighted by Crippen LogP contribution is -2.46. The zero-order valence-corrected chi connectivity index (χ0v) is 10.5. The highest BCUT2D eigenvalue weighted by molar-refractivity contribution is 7.89. The molecule has 1 aliphatic carbocycles. The van der Waals surface area contributed by atoms with E-state index in [1.165, 1.54) is 25.4 Å². The van der Waals surface area contributed by atoms with Crippen LogP contribution in [-0.4, -0.2) is 35.3 Å². The molecular formula is C11H17N3O2S. The van der Waals surface area contributed by atoms with Crippen molar-refractivity contribution in [1.82, 2.24) is 14.3 Å². The number of fused-ring (bicyclic) bond motifs is 1. The second kappa shape index (κ2) is 4.10. The van der Waals surface area contributed by atoms with Crippen molar-refractivity contribution < 1.29 is 8.42 Å². The van der Waals surface area contributed by atoms with E-state index in [1.807, 2.05) is 0 Å². The third kappa shape index (κ3) is 1.79. The van der Waals surface area contributed by atoms with Crippen molar-refractivity contribution in [1.29, 1.82) is 0 Å². The Morgan fingerprint density at radius 1 is 1.29 bits per heavy atom. The van der Waals surface area contributed by atoms with Gasteiger partial charge in [-0.15, -0.1) is 0 Å². The fourth-order valence-corrected chi connectivity index (χ4v) is 4.87. The first-order valence-electron chi connectivity index (χ1n) is 6.20. The number of aromatic nitrogens is 2. The summed E-state index contributed by atoms with van der Waals surface area (Å²) in [6.45, 7) is 0.655. The molecular weight excluding hydrogens is 238 g/mol. The molecule has 2 fully saturated rings. The zero-order valence-electron chi connectivity index (χ0n) is 9.67. The Bertz CT molecular complexity index is 483. The molecule has 1 aliphatic heterocycles. The summed E-state index contributed by atoms with van der Waals surface area (Å²) in [5.74, 6) is 0.571. The van der Waals surface area contributed by atoms with Crippen molar-refractivity contribution in [3.05, 3.63) is 12.5 Å². The molecule has 1 aromatic rings. The lowest BCUT2D eigenvalue weighted by atomic mass is 9.94. The number of sulfonamides is 1. The summed E-state index contributed by atoms with van der Waals surface area (Å²) < 4.78 is 26.6. The second-order valence-electron chi connectivity index (χ2n) is 4.93. The van der Waals surface area contributed by atoms with E-state index in [-0.39, 0.29) is 11.1 Å². The van der Waals surface area contributed by atoms with E-state index in [0.717, 1.165) is 19.3 Å². The quantitative estimate of drug-likeness (QED) is 0.867. The van der Waals surface area contributed by atoms with Crippen LogP contribution < -0.4 is 0 Å². The molecule has 2 atom stereocenters. The van der Waals surface area contributed by atoms with Gasteiger partial charge in [0.15, 0.2) is 5.03 Å². The Labute approximate surface area is 101 Å². The predicted octanol–water partition coefficient (Wildman–Crippen LogP) is 1.36. The fraction of sp³-hybridized carbons (Fsp3) is 0.727. The first-order chi connectivity index (χ1) is 8.19. The molecule has 6 heteroatoms. The van der Waals surface area contributed by atoms with Crippen LogP contribution in [0.4, 0.5) is 0 Å². The van der Waals surface area contributed by atoms with Crippen LogP contribution >= 0.6 is 0 Å². The Kier molecular flexibility index (Phi) is 2.71. The highest BCUT2D eigenvalue weighted by Crippen LogP contribution is 2.38. The van der Waals surface area contributed by atoms with E-state index < -0.39 is 10.0 Å². The van der Waals surface area contributed by atoms with Gasteiger partial charge in [-0.3, -0.25) is 0 Å². The minimum absolute atomic E-state index is 0.219. The Morgan fingerprint density at radius 2 is 2.12 bits per heavy atom. The Morgan fingerprint density at radius 3 is 2.88 bits per heavy atom. The molecule has 0 amide bonds. The zero-order chi connectivity index (χ0) is 11.9. The van der Waals surface area contributed by atoms with Gasteiger partial charge in [-0.1, -0.05) is 6.42 Å². The number of nitrogens with one attached hydrogen (secondary N) is 1. The number of H-pyrrole nitrogens is 1. The SMILES string of the molecule is O=S(=O)(c1cnc[nH]1)N1CCCC2CCCC21. The molecule has 2 aliphatic rings. The van der Waals surface area contributed by atoms with E-state index in [1.54, 1.807) is 4.31 Å². The molecule has 17 heavy (non-hydrogen) atoms. The van der Waals surface area contributed by atoms with E-state index in [9.17, 15) is 8.42 Å². The molecule has 94 valence electrons. The maximum absolute atomic E-state index is 12.4. The van der Waals surface area contributed by atoms with E-state index >= 15 is 0 Å². The van der Waals surface area contributed by atoms with E-state index in [2.05, 4.69) is 9.97 Å². The van der Waals surface area contributed by atoms with Crippen molar-refractivity contribution in [3.63, 3.8) is 0 Å². The van der Waals surface area contributed by atoms with Crippen LogP contribution in [0, 0.1) is 5.92 Å². The van der Waals surface area contributed by atoms with Gasteiger partial charge in [-0.05, 0) is 31.6 Å². The summed E-state index contributed by atoms with van der Waals surface area (Å²) >= 11 is 0. The van der Waals surface area contributed by atoms with Crippen LogP contribution in [0.25, 0.3) is 0 Å². The summed E-state index contributed by atoms with van der Waals surface area (Å²) in [7, 11) is -3.36. The minimum atomic E-state index is -3.36.